The maximum Gasteiger partial charge on any atom is 0.121 e. The Morgan fingerprint density at radius 3 is 2.17 bits per heavy atom. The first-order valence-electron chi connectivity index (χ1n) is 19.9. The average molecular weight is 952 g/mol. The van der Waals surface area contributed by atoms with Gasteiger partial charge in [0.25, 0.3) is 0 Å². The third kappa shape index (κ3) is 8.15. The summed E-state index contributed by atoms with van der Waals surface area (Å²) in [7, 11) is -1.23. The van der Waals surface area contributed by atoms with E-state index in [-0.39, 0.29) is 25.5 Å². The number of rotatable bonds is 6. The number of benzene rings is 6. The van der Waals surface area contributed by atoms with Gasteiger partial charge in [0, 0.05) is 42.9 Å². The van der Waals surface area contributed by atoms with Gasteiger partial charge in [0.05, 0.1) is 30.5 Å². The Hall–Kier alpha value is -5.39. The molecule has 0 aliphatic carbocycles. The van der Waals surface area contributed by atoms with E-state index in [0.29, 0.717) is 5.92 Å². The second kappa shape index (κ2) is 16.5. The zero-order valence-corrected chi connectivity index (χ0v) is 37.9. The number of aromatic nitrogens is 3. The maximum absolute atomic E-state index is 6.61. The van der Waals surface area contributed by atoms with Crippen molar-refractivity contribution in [3.63, 3.8) is 0 Å². The quantitative estimate of drug-likeness (QED) is 0.123. The third-order valence-electron chi connectivity index (χ3n) is 10.7. The molecule has 0 atom stereocenters. The predicted molar refractivity (Wildman–Crippen MR) is 242 cm³/mol. The Balaban J connectivity index is 0.000000254. The van der Waals surface area contributed by atoms with Crippen molar-refractivity contribution in [2.75, 3.05) is 0 Å². The molecule has 0 amide bonds. The van der Waals surface area contributed by atoms with Crippen LogP contribution in [-0.4, -0.2) is 22.6 Å². The second-order valence-corrected chi connectivity index (χ2v) is 22.3. The molecule has 4 nitrogen and oxygen atoms in total. The molecule has 0 unspecified atom stereocenters. The van der Waals surface area contributed by atoms with E-state index < -0.39 is 8.07 Å². The third-order valence-corrected chi connectivity index (χ3v) is 12.7. The van der Waals surface area contributed by atoms with Crippen molar-refractivity contribution >= 4 is 46.2 Å². The standard InChI is InChI=1S/C38H33N2O.C14H16NSi.Ir/c1-24(2)26-18-20-28-29-14-11-15-30(36(29)41-35(28)22-26)37-39-32-16-9-10-17-34(32)40(37)33-21-19-27(38(3,4)5)23-31(33)25-12-7-6-8-13-25;1-16(2,3)13-9-10-14(15-11-13)12-7-5-4-6-8-12;/h6-14,16-24H,1-5H3;4-7,9-11H,1-3H3;/q2*-1;. The molecule has 9 aromatic rings. The van der Waals surface area contributed by atoms with E-state index in [2.05, 4.69) is 179 Å². The fourth-order valence-electron chi connectivity index (χ4n) is 7.32. The molecule has 0 aliphatic rings. The minimum Gasteiger partial charge on any atom is -0.501 e. The molecule has 0 saturated carbocycles. The minimum absolute atomic E-state index is 0. The number of hydrogen-bond donors (Lipinski definition) is 0. The summed E-state index contributed by atoms with van der Waals surface area (Å²) >= 11 is 0. The van der Waals surface area contributed by atoms with Crippen LogP contribution in [0.1, 0.15) is 51.7 Å². The molecule has 0 fully saturated rings. The van der Waals surface area contributed by atoms with Crippen LogP contribution in [0.5, 0.6) is 0 Å². The summed E-state index contributed by atoms with van der Waals surface area (Å²) in [5.74, 6) is 1.25. The van der Waals surface area contributed by atoms with Crippen LogP contribution in [0.2, 0.25) is 19.6 Å². The van der Waals surface area contributed by atoms with E-state index >= 15 is 0 Å². The van der Waals surface area contributed by atoms with Crippen LogP contribution in [0.15, 0.2) is 150 Å². The van der Waals surface area contributed by atoms with Crippen LogP contribution in [-0.2, 0) is 25.5 Å². The molecule has 6 aromatic carbocycles. The first-order valence-corrected chi connectivity index (χ1v) is 23.4. The van der Waals surface area contributed by atoms with E-state index in [4.69, 9.17) is 9.40 Å². The fourth-order valence-corrected chi connectivity index (χ4v) is 8.35. The van der Waals surface area contributed by atoms with E-state index in [1.807, 2.05) is 42.6 Å². The van der Waals surface area contributed by atoms with Gasteiger partial charge in [0.1, 0.15) is 5.58 Å². The first-order chi connectivity index (χ1) is 27.4. The van der Waals surface area contributed by atoms with Crippen LogP contribution in [0.3, 0.4) is 0 Å². The van der Waals surface area contributed by atoms with Crippen LogP contribution >= 0.6 is 0 Å². The van der Waals surface area contributed by atoms with E-state index in [1.54, 1.807) is 0 Å². The molecule has 3 aromatic heterocycles. The smallest absolute Gasteiger partial charge is 0.121 e. The molecule has 1 radical (unpaired) electrons. The molecule has 9 rings (SSSR count). The zero-order valence-electron chi connectivity index (χ0n) is 34.5. The van der Waals surface area contributed by atoms with Crippen molar-refractivity contribution in [2.45, 2.75) is 65.6 Å². The maximum atomic E-state index is 6.61. The van der Waals surface area contributed by atoms with Crippen molar-refractivity contribution in [2.24, 2.45) is 0 Å². The van der Waals surface area contributed by atoms with Gasteiger partial charge in [0.15, 0.2) is 0 Å². The van der Waals surface area contributed by atoms with Gasteiger partial charge in [-0.15, -0.1) is 54.1 Å². The number of hydrogen-bond acceptors (Lipinski definition) is 3. The largest absolute Gasteiger partial charge is 0.501 e. The SMILES string of the molecule is CC(C)c1ccc2c(c1)oc1c(-c3nc4ccccc4n3-c3ccc(C(C)(C)C)cc3-c3ccccc3)[c-]ccc12.C[Si](C)(C)c1ccc(-c2[c-]cccc2)nc1.[Ir]. The second-order valence-electron chi connectivity index (χ2n) is 17.2. The van der Waals surface area contributed by atoms with E-state index in [1.165, 1.54) is 27.4 Å². The van der Waals surface area contributed by atoms with Gasteiger partial charge in [-0.2, -0.15) is 0 Å². The van der Waals surface area contributed by atoms with Gasteiger partial charge < -0.3 is 14.0 Å². The molecule has 58 heavy (non-hydrogen) atoms. The summed E-state index contributed by atoms with van der Waals surface area (Å²) in [4.78, 5) is 9.72. The number of nitrogens with zero attached hydrogens (tertiary/aromatic N) is 3. The van der Waals surface area contributed by atoms with Crippen molar-refractivity contribution in [3.05, 3.63) is 169 Å². The fraction of sp³-hybridized carbons (Fsp3) is 0.192. The van der Waals surface area contributed by atoms with Crippen LogP contribution in [0.25, 0.3) is 72.4 Å². The van der Waals surface area contributed by atoms with Gasteiger partial charge in [-0.25, -0.2) is 0 Å². The summed E-state index contributed by atoms with van der Waals surface area (Å²) < 4.78 is 8.89. The number of imidazole rings is 1. The first kappa shape index (κ1) is 40.8. The molecule has 293 valence electrons. The molecule has 0 saturated heterocycles. The summed E-state index contributed by atoms with van der Waals surface area (Å²) in [6, 6.07) is 55.4. The topological polar surface area (TPSA) is 43.9 Å². The van der Waals surface area contributed by atoms with E-state index in [0.717, 1.165) is 61.3 Å². The van der Waals surface area contributed by atoms with E-state index in [9.17, 15) is 0 Å². The van der Waals surface area contributed by atoms with Gasteiger partial charge in [-0.3, -0.25) is 4.98 Å². The summed E-state index contributed by atoms with van der Waals surface area (Å²) in [5.41, 5.74) is 12.6. The Morgan fingerprint density at radius 1 is 0.724 bits per heavy atom. The molecule has 0 spiro atoms. The number of pyridine rings is 1. The summed E-state index contributed by atoms with van der Waals surface area (Å²) in [5, 5.41) is 3.59. The zero-order chi connectivity index (χ0) is 39.9. The molecule has 0 N–H and O–H groups in total. The molecule has 6 heteroatoms. The van der Waals surface area contributed by atoms with Crippen molar-refractivity contribution in [3.8, 4) is 39.5 Å². The van der Waals surface area contributed by atoms with Crippen LogP contribution < -0.4 is 5.19 Å². The number of fused-ring (bicyclic) bond motifs is 4. The summed E-state index contributed by atoms with van der Waals surface area (Å²) in [6.07, 6.45) is 2.02. The molecule has 3 heterocycles. The summed E-state index contributed by atoms with van der Waals surface area (Å²) in [6.45, 7) is 18.2. The molecule has 0 aliphatic heterocycles. The minimum atomic E-state index is -1.23. The van der Waals surface area contributed by atoms with Gasteiger partial charge in [-0.1, -0.05) is 138 Å². The van der Waals surface area contributed by atoms with Gasteiger partial charge in [-0.05, 0) is 69.2 Å². The van der Waals surface area contributed by atoms with Crippen molar-refractivity contribution in [1.29, 1.82) is 0 Å². The van der Waals surface area contributed by atoms with Crippen LogP contribution in [0, 0.1) is 12.1 Å². The Morgan fingerprint density at radius 2 is 1.48 bits per heavy atom. The predicted octanol–water partition coefficient (Wildman–Crippen LogP) is 13.6. The number of furan rings is 1. The average Bonchev–Trinajstić information content (AvgIpc) is 3.79. The Bertz CT molecular complexity index is 2830. The van der Waals surface area contributed by atoms with Gasteiger partial charge >= 0.3 is 0 Å². The number of para-hydroxylation sites is 2. The van der Waals surface area contributed by atoms with Gasteiger partial charge in [0.2, 0.25) is 0 Å². The molecule has 0 bridgehead atoms. The van der Waals surface area contributed by atoms with Crippen molar-refractivity contribution < 1.29 is 24.5 Å². The Kier molecular flexibility index (Phi) is 11.6. The van der Waals surface area contributed by atoms with Crippen LogP contribution in [0.4, 0.5) is 0 Å². The normalized spacial score (nSPS) is 11.8. The van der Waals surface area contributed by atoms with Crippen molar-refractivity contribution in [1.82, 2.24) is 14.5 Å². The monoisotopic (exact) mass is 952 g/mol. The molecular formula is C52H49IrN3OSi-2. The molecular weight excluding hydrogens is 903 g/mol. The Labute approximate surface area is 357 Å².